The predicted molar refractivity (Wildman–Crippen MR) is 147 cm³/mol. The molecule has 0 radical (unpaired) electrons. The molecule has 2 aliphatic heterocycles. The van der Waals surface area contributed by atoms with Crippen LogP contribution in [0, 0.1) is 0 Å². The van der Waals surface area contributed by atoms with Gasteiger partial charge in [0, 0.05) is 47.1 Å². The van der Waals surface area contributed by atoms with Crippen LogP contribution in [-0.4, -0.2) is 61.5 Å². The number of aromatic nitrogens is 7. The van der Waals surface area contributed by atoms with Gasteiger partial charge < -0.3 is 10.6 Å². The lowest BCUT2D eigenvalue weighted by molar-refractivity contribution is 0.400. The molecule has 6 heterocycles. The molecule has 5 aromatic rings. The van der Waals surface area contributed by atoms with Gasteiger partial charge in [0.15, 0.2) is 15.5 Å². The Kier molecular flexibility index (Phi) is 5.41. The maximum atomic E-state index is 13.0. The molecule has 7 rings (SSSR count). The molecule has 1 aromatic carbocycles. The molecule has 0 spiro atoms. The molecule has 2 fully saturated rings. The Hall–Kier alpha value is -4.32. The zero-order valence-corrected chi connectivity index (χ0v) is 22.1. The molecule has 1 unspecified atom stereocenters. The van der Waals surface area contributed by atoms with E-state index >= 15 is 0 Å². The summed E-state index contributed by atoms with van der Waals surface area (Å²) < 4.78 is 27.5. The van der Waals surface area contributed by atoms with Crippen molar-refractivity contribution in [3.63, 3.8) is 0 Å². The minimum atomic E-state index is -3.67. The number of nitrogens with two attached hydrogens (primary N) is 1. The standard InChI is InChI=1S/C27H27N9O2S/c1-39(37,38)24-23(18-11-19-8-9-20(12-18)35(19)27-30-15-31-34-27)33-26-21(14-32-36(26)25(24)28)17-7-10-22(29-13-17)16-5-3-2-4-6-16/h2-7,10,13-15,18-20H,8-9,11-12,28H2,1H3,(H,30,31,34)/t18?,19-,20+. The number of nitrogen functional groups attached to an aromatic ring is 1. The summed E-state index contributed by atoms with van der Waals surface area (Å²) in [6, 6.07) is 14.3. The van der Waals surface area contributed by atoms with E-state index in [1.165, 1.54) is 17.1 Å². The van der Waals surface area contributed by atoms with Crippen LogP contribution in [0.5, 0.6) is 0 Å². The molecule has 0 saturated carbocycles. The van der Waals surface area contributed by atoms with Crippen molar-refractivity contribution >= 4 is 27.3 Å². The average Bonchev–Trinajstić information content (AvgIpc) is 3.66. The number of piperidine rings is 1. The topological polar surface area (TPSA) is 148 Å². The normalized spacial score (nSPS) is 21.1. The molecule has 2 aliphatic rings. The smallest absolute Gasteiger partial charge is 0.221 e. The zero-order chi connectivity index (χ0) is 26.7. The minimum Gasteiger partial charge on any atom is -0.382 e. The maximum absolute atomic E-state index is 13.0. The van der Waals surface area contributed by atoms with Gasteiger partial charge >= 0.3 is 0 Å². The summed E-state index contributed by atoms with van der Waals surface area (Å²) in [4.78, 5) is 16.4. The Bertz CT molecular complexity index is 1750. The number of nitrogens with one attached hydrogen (secondary N) is 1. The lowest BCUT2D eigenvalue weighted by Crippen LogP contribution is -2.43. The first-order chi connectivity index (χ1) is 18.9. The van der Waals surface area contributed by atoms with Crippen molar-refractivity contribution in [2.24, 2.45) is 0 Å². The van der Waals surface area contributed by atoms with Gasteiger partial charge in [-0.1, -0.05) is 36.4 Å². The van der Waals surface area contributed by atoms with Crippen LogP contribution in [0.25, 0.3) is 28.0 Å². The first-order valence-electron chi connectivity index (χ1n) is 12.9. The van der Waals surface area contributed by atoms with E-state index in [1.54, 1.807) is 12.4 Å². The first kappa shape index (κ1) is 23.8. The van der Waals surface area contributed by atoms with Gasteiger partial charge in [-0.2, -0.15) is 19.7 Å². The molecule has 3 atom stereocenters. The van der Waals surface area contributed by atoms with Gasteiger partial charge in [-0.25, -0.2) is 18.5 Å². The number of H-pyrrole nitrogens is 1. The SMILES string of the molecule is CS(=O)(=O)c1c(C2C[C@H]3CC[C@@H](C2)N3c2ncn[nH]2)nc2c(-c3ccc(-c4ccccc4)nc3)cnn2c1N. The molecular formula is C27H27N9O2S. The number of aromatic amines is 1. The molecule has 2 saturated heterocycles. The van der Waals surface area contributed by atoms with Crippen molar-refractivity contribution in [3.8, 4) is 22.4 Å². The summed E-state index contributed by atoms with van der Waals surface area (Å²) in [7, 11) is -3.67. The number of pyridine rings is 1. The van der Waals surface area contributed by atoms with E-state index in [2.05, 4.69) is 30.2 Å². The number of benzene rings is 1. The third-order valence-electron chi connectivity index (χ3n) is 7.95. The van der Waals surface area contributed by atoms with Gasteiger partial charge in [0.2, 0.25) is 5.95 Å². The Balaban J connectivity index is 1.31. The van der Waals surface area contributed by atoms with Gasteiger partial charge in [0.05, 0.1) is 17.6 Å². The van der Waals surface area contributed by atoms with Crippen molar-refractivity contribution in [1.82, 2.24) is 34.8 Å². The number of anilines is 2. The summed E-state index contributed by atoms with van der Waals surface area (Å²) in [5.74, 6) is 0.777. The van der Waals surface area contributed by atoms with Crippen LogP contribution < -0.4 is 10.6 Å². The van der Waals surface area contributed by atoms with Crippen molar-refractivity contribution in [2.75, 3.05) is 16.9 Å². The largest absolute Gasteiger partial charge is 0.382 e. The number of hydrogen-bond donors (Lipinski definition) is 2. The highest BCUT2D eigenvalue weighted by molar-refractivity contribution is 7.91. The van der Waals surface area contributed by atoms with Crippen molar-refractivity contribution in [2.45, 2.75) is 48.6 Å². The van der Waals surface area contributed by atoms with E-state index in [-0.39, 0.29) is 28.7 Å². The highest BCUT2D eigenvalue weighted by atomic mass is 32.2. The van der Waals surface area contributed by atoms with Crippen LogP contribution in [0.3, 0.4) is 0 Å². The lowest BCUT2D eigenvalue weighted by Gasteiger charge is -2.38. The molecule has 3 N–H and O–H groups in total. The molecule has 198 valence electrons. The number of hydrogen-bond acceptors (Lipinski definition) is 9. The van der Waals surface area contributed by atoms with Gasteiger partial charge in [-0.05, 0) is 31.7 Å². The number of nitrogens with zero attached hydrogens (tertiary/aromatic N) is 7. The maximum Gasteiger partial charge on any atom is 0.221 e. The summed E-state index contributed by atoms with van der Waals surface area (Å²) in [6.07, 6.45) is 9.67. The molecule has 11 nitrogen and oxygen atoms in total. The predicted octanol–water partition coefficient (Wildman–Crippen LogP) is 3.48. The van der Waals surface area contributed by atoms with E-state index in [0.29, 0.717) is 11.3 Å². The van der Waals surface area contributed by atoms with Crippen molar-refractivity contribution in [3.05, 3.63) is 66.9 Å². The summed E-state index contributed by atoms with van der Waals surface area (Å²) in [6.45, 7) is 0. The highest BCUT2D eigenvalue weighted by Gasteiger charge is 2.44. The molecule has 4 aromatic heterocycles. The quantitative estimate of drug-likeness (QED) is 0.341. The lowest BCUT2D eigenvalue weighted by atomic mass is 9.88. The number of sulfone groups is 1. The molecule has 2 bridgehead atoms. The van der Waals surface area contributed by atoms with Crippen molar-refractivity contribution < 1.29 is 8.42 Å². The van der Waals surface area contributed by atoms with Crippen molar-refractivity contribution in [1.29, 1.82) is 0 Å². The van der Waals surface area contributed by atoms with E-state index in [1.807, 2.05) is 42.5 Å². The van der Waals surface area contributed by atoms with Gasteiger partial charge in [-0.3, -0.25) is 4.98 Å². The average molecular weight is 542 g/mol. The zero-order valence-electron chi connectivity index (χ0n) is 21.3. The van der Waals surface area contributed by atoms with Gasteiger partial charge in [0.25, 0.3) is 0 Å². The van der Waals surface area contributed by atoms with E-state index in [0.717, 1.165) is 54.0 Å². The second kappa shape index (κ2) is 8.87. The Morgan fingerprint density at radius 3 is 2.38 bits per heavy atom. The van der Waals surface area contributed by atoms with E-state index < -0.39 is 9.84 Å². The minimum absolute atomic E-state index is 0.0692. The highest BCUT2D eigenvalue weighted by Crippen LogP contribution is 2.46. The third-order valence-corrected chi connectivity index (χ3v) is 9.10. The molecular weight excluding hydrogens is 514 g/mol. The Morgan fingerprint density at radius 1 is 0.974 bits per heavy atom. The van der Waals surface area contributed by atoms with Crippen LogP contribution in [0.2, 0.25) is 0 Å². The van der Waals surface area contributed by atoms with Crippen LogP contribution in [-0.2, 0) is 9.84 Å². The van der Waals surface area contributed by atoms with E-state index in [4.69, 9.17) is 10.7 Å². The van der Waals surface area contributed by atoms with Crippen LogP contribution in [0.4, 0.5) is 11.8 Å². The van der Waals surface area contributed by atoms with E-state index in [9.17, 15) is 8.42 Å². The fourth-order valence-corrected chi connectivity index (χ4v) is 7.34. The van der Waals surface area contributed by atoms with Gasteiger partial charge in [0.1, 0.15) is 17.0 Å². The molecule has 39 heavy (non-hydrogen) atoms. The molecule has 0 amide bonds. The van der Waals surface area contributed by atoms with Crippen LogP contribution in [0.15, 0.2) is 66.1 Å². The second-order valence-electron chi connectivity index (χ2n) is 10.3. The van der Waals surface area contributed by atoms with Crippen LogP contribution >= 0.6 is 0 Å². The molecule has 12 heteroatoms. The second-order valence-corrected chi connectivity index (χ2v) is 12.3. The molecule has 0 aliphatic carbocycles. The third kappa shape index (κ3) is 3.94. The van der Waals surface area contributed by atoms with Gasteiger partial charge in [-0.15, -0.1) is 0 Å². The number of rotatable bonds is 5. The Morgan fingerprint density at radius 2 is 1.74 bits per heavy atom. The number of fused-ring (bicyclic) bond motifs is 3. The fraction of sp³-hybridized carbons (Fsp3) is 0.296. The monoisotopic (exact) mass is 541 g/mol. The fourth-order valence-electron chi connectivity index (χ4n) is 6.28. The summed E-state index contributed by atoms with van der Waals surface area (Å²) >= 11 is 0. The van der Waals surface area contributed by atoms with Crippen LogP contribution in [0.1, 0.15) is 37.3 Å². The Labute approximate surface area is 225 Å². The summed E-state index contributed by atoms with van der Waals surface area (Å²) in [5.41, 5.74) is 11.0. The first-order valence-corrected chi connectivity index (χ1v) is 14.8. The summed E-state index contributed by atoms with van der Waals surface area (Å²) in [5, 5.41) is 11.4.